The van der Waals surface area contributed by atoms with Crippen molar-refractivity contribution in [1.29, 1.82) is 0 Å². The second-order valence-electron chi connectivity index (χ2n) is 5.44. The topological polar surface area (TPSA) is 63.7 Å². The van der Waals surface area contributed by atoms with Gasteiger partial charge in [0, 0.05) is 5.02 Å². The first-order valence-electron chi connectivity index (χ1n) is 7.37. The minimum atomic E-state index is -0.996. The molecule has 0 spiro atoms. The van der Waals surface area contributed by atoms with Gasteiger partial charge in [-0.15, -0.1) is 0 Å². The van der Waals surface area contributed by atoms with Crippen molar-refractivity contribution in [2.24, 2.45) is 0 Å². The first-order chi connectivity index (χ1) is 11.5. The summed E-state index contributed by atoms with van der Waals surface area (Å²) in [5, 5.41) is 0.587. The van der Waals surface area contributed by atoms with Gasteiger partial charge in [-0.2, -0.15) is 0 Å². The Morgan fingerprint density at radius 1 is 1.04 bits per heavy atom. The number of esters is 1. The quantitative estimate of drug-likeness (QED) is 0.632. The number of nitrogens with zero attached hydrogens (tertiary/aromatic N) is 1. The molecule has 2 aromatic rings. The highest BCUT2D eigenvalue weighted by Crippen LogP contribution is 2.25. The summed E-state index contributed by atoms with van der Waals surface area (Å²) in [4.78, 5) is 37.9. The smallest absolute Gasteiger partial charge is 0.329 e. The zero-order valence-corrected chi connectivity index (χ0v) is 13.6. The average molecular weight is 344 g/mol. The van der Waals surface area contributed by atoms with Gasteiger partial charge in [0.25, 0.3) is 11.8 Å². The van der Waals surface area contributed by atoms with E-state index in [2.05, 4.69) is 0 Å². The molecule has 1 heterocycles. The Kier molecular flexibility index (Phi) is 4.36. The largest absolute Gasteiger partial charge is 0.459 e. The van der Waals surface area contributed by atoms with Crippen LogP contribution in [0.2, 0.25) is 5.02 Å². The van der Waals surface area contributed by atoms with E-state index in [1.165, 1.54) is 6.92 Å². The summed E-state index contributed by atoms with van der Waals surface area (Å²) in [5.41, 5.74) is 1.38. The standard InChI is InChI=1S/C18H14ClNO4/c1-11(18(23)24-10-12-6-8-13(19)9-7-12)20-16(21)14-4-2-3-5-15(14)17(20)22/h2-9,11H,10H2,1H3/t11-/m0/s1. The van der Waals surface area contributed by atoms with Crippen LogP contribution in [0.25, 0.3) is 0 Å². The first kappa shape index (κ1) is 16.2. The van der Waals surface area contributed by atoms with Crippen LogP contribution in [0.1, 0.15) is 33.2 Å². The third-order valence-corrected chi connectivity index (χ3v) is 4.10. The lowest BCUT2D eigenvalue weighted by Gasteiger charge is -2.20. The Morgan fingerprint density at radius 3 is 2.12 bits per heavy atom. The lowest BCUT2D eigenvalue weighted by molar-refractivity contribution is -0.149. The SMILES string of the molecule is C[C@@H](C(=O)OCc1ccc(Cl)cc1)N1C(=O)c2ccccc2C1=O. The van der Waals surface area contributed by atoms with E-state index in [1.54, 1.807) is 48.5 Å². The fraction of sp³-hybridized carbons (Fsp3) is 0.167. The van der Waals surface area contributed by atoms with E-state index < -0.39 is 23.8 Å². The molecule has 0 fully saturated rings. The zero-order chi connectivity index (χ0) is 17.3. The molecule has 1 aliphatic heterocycles. The van der Waals surface area contributed by atoms with Crippen LogP contribution in [0.4, 0.5) is 0 Å². The van der Waals surface area contributed by atoms with Crippen LogP contribution >= 0.6 is 11.6 Å². The lowest BCUT2D eigenvalue weighted by atomic mass is 10.1. The zero-order valence-electron chi connectivity index (χ0n) is 12.9. The van der Waals surface area contributed by atoms with E-state index >= 15 is 0 Å². The maximum absolute atomic E-state index is 12.3. The predicted octanol–water partition coefficient (Wildman–Crippen LogP) is 3.07. The summed E-state index contributed by atoms with van der Waals surface area (Å²) in [6, 6.07) is 12.4. The maximum atomic E-state index is 12.3. The molecule has 3 rings (SSSR count). The van der Waals surface area contributed by atoms with Crippen LogP contribution in [-0.2, 0) is 16.1 Å². The van der Waals surface area contributed by atoms with Gasteiger partial charge in [0.2, 0.25) is 0 Å². The first-order valence-corrected chi connectivity index (χ1v) is 7.75. The third-order valence-electron chi connectivity index (χ3n) is 3.85. The number of halogens is 1. The summed E-state index contributed by atoms with van der Waals surface area (Å²) in [5.74, 6) is -1.60. The number of rotatable bonds is 4. The van der Waals surface area contributed by atoms with Gasteiger partial charge in [-0.1, -0.05) is 35.9 Å². The summed E-state index contributed by atoms with van der Waals surface area (Å²) < 4.78 is 5.21. The van der Waals surface area contributed by atoms with Crippen molar-refractivity contribution in [2.75, 3.05) is 0 Å². The number of ether oxygens (including phenoxy) is 1. The van der Waals surface area contributed by atoms with Crippen molar-refractivity contribution in [1.82, 2.24) is 4.90 Å². The van der Waals surface area contributed by atoms with Crippen molar-refractivity contribution in [3.05, 3.63) is 70.2 Å². The van der Waals surface area contributed by atoms with Crippen molar-refractivity contribution in [3.8, 4) is 0 Å². The van der Waals surface area contributed by atoms with Crippen LogP contribution in [0.15, 0.2) is 48.5 Å². The van der Waals surface area contributed by atoms with Crippen molar-refractivity contribution in [2.45, 2.75) is 19.6 Å². The molecule has 0 aromatic heterocycles. The maximum Gasteiger partial charge on any atom is 0.329 e. The van der Waals surface area contributed by atoms with Crippen molar-refractivity contribution < 1.29 is 19.1 Å². The van der Waals surface area contributed by atoms with Gasteiger partial charge >= 0.3 is 5.97 Å². The van der Waals surface area contributed by atoms with Crippen molar-refractivity contribution >= 4 is 29.4 Å². The molecular weight excluding hydrogens is 330 g/mol. The number of hydrogen-bond donors (Lipinski definition) is 0. The Labute approximate surface area is 143 Å². The van der Waals surface area contributed by atoms with Gasteiger partial charge in [-0.25, -0.2) is 4.79 Å². The number of hydrogen-bond acceptors (Lipinski definition) is 4. The molecule has 2 aromatic carbocycles. The number of benzene rings is 2. The highest BCUT2D eigenvalue weighted by atomic mass is 35.5. The van der Waals surface area contributed by atoms with E-state index in [-0.39, 0.29) is 6.61 Å². The molecule has 0 saturated carbocycles. The third kappa shape index (κ3) is 2.90. The second-order valence-corrected chi connectivity index (χ2v) is 5.87. The Hall–Kier alpha value is -2.66. The number of carbonyl (C=O) groups excluding carboxylic acids is 3. The Morgan fingerprint density at radius 2 is 1.58 bits per heavy atom. The number of imide groups is 1. The fourth-order valence-corrected chi connectivity index (χ4v) is 2.65. The molecule has 0 bridgehead atoms. The normalized spacial score (nSPS) is 14.5. The molecule has 1 aliphatic rings. The van der Waals surface area contributed by atoms with Gasteiger partial charge in [0.1, 0.15) is 12.6 Å². The average Bonchev–Trinajstić information content (AvgIpc) is 2.85. The fourth-order valence-electron chi connectivity index (χ4n) is 2.52. The van der Waals surface area contributed by atoms with E-state index in [1.807, 2.05) is 0 Å². The summed E-state index contributed by atoms with van der Waals surface area (Å²) in [7, 11) is 0. The van der Waals surface area contributed by atoms with Gasteiger partial charge in [0.05, 0.1) is 11.1 Å². The number of carbonyl (C=O) groups is 3. The molecule has 6 heteroatoms. The molecule has 2 amide bonds. The summed E-state index contributed by atoms with van der Waals surface area (Å²) in [6.45, 7) is 1.52. The van der Waals surface area contributed by atoms with Crippen LogP contribution in [0.3, 0.4) is 0 Å². The monoisotopic (exact) mass is 343 g/mol. The highest BCUT2D eigenvalue weighted by molar-refractivity contribution is 6.30. The van der Waals surface area contributed by atoms with Crippen LogP contribution in [0, 0.1) is 0 Å². The molecular formula is C18H14ClNO4. The molecule has 0 saturated heterocycles. The van der Waals surface area contributed by atoms with Crippen molar-refractivity contribution in [3.63, 3.8) is 0 Å². The lowest BCUT2D eigenvalue weighted by Crippen LogP contribution is -2.43. The van der Waals surface area contributed by atoms with Crippen LogP contribution in [0.5, 0.6) is 0 Å². The highest BCUT2D eigenvalue weighted by Gasteiger charge is 2.41. The predicted molar refractivity (Wildman–Crippen MR) is 87.7 cm³/mol. The molecule has 0 radical (unpaired) electrons. The molecule has 0 N–H and O–H groups in total. The van der Waals surface area contributed by atoms with E-state index in [9.17, 15) is 14.4 Å². The summed E-state index contributed by atoms with van der Waals surface area (Å²) >= 11 is 5.80. The van der Waals surface area contributed by atoms with Gasteiger partial charge in [-0.05, 0) is 36.8 Å². The molecule has 24 heavy (non-hydrogen) atoms. The Bertz CT molecular complexity index is 781. The van der Waals surface area contributed by atoms with Crippen LogP contribution in [-0.4, -0.2) is 28.7 Å². The summed E-state index contributed by atoms with van der Waals surface area (Å²) in [6.07, 6.45) is 0. The minimum absolute atomic E-state index is 0.0452. The molecule has 5 nitrogen and oxygen atoms in total. The van der Waals surface area contributed by atoms with Crippen LogP contribution < -0.4 is 0 Å². The second kappa shape index (κ2) is 6.45. The minimum Gasteiger partial charge on any atom is -0.459 e. The molecule has 1 atom stereocenters. The van der Waals surface area contributed by atoms with E-state index in [0.29, 0.717) is 16.1 Å². The molecule has 122 valence electrons. The molecule has 0 aliphatic carbocycles. The van der Waals surface area contributed by atoms with E-state index in [4.69, 9.17) is 16.3 Å². The van der Waals surface area contributed by atoms with E-state index in [0.717, 1.165) is 10.5 Å². The number of fused-ring (bicyclic) bond motifs is 1. The Balaban J connectivity index is 1.69. The number of amides is 2. The van der Waals surface area contributed by atoms with Gasteiger partial charge in [-0.3, -0.25) is 14.5 Å². The van der Waals surface area contributed by atoms with Gasteiger partial charge in [0.15, 0.2) is 0 Å². The van der Waals surface area contributed by atoms with Gasteiger partial charge < -0.3 is 4.74 Å². The molecule has 0 unspecified atom stereocenters.